The molecular weight excluding hydrogens is 250 g/mol. The van der Waals surface area contributed by atoms with Crippen molar-refractivity contribution in [3.05, 3.63) is 29.8 Å². The number of rotatable bonds is 3. The van der Waals surface area contributed by atoms with Crippen LogP contribution in [0.1, 0.15) is 36.0 Å². The summed E-state index contributed by atoms with van der Waals surface area (Å²) in [6, 6.07) is 6.33. The standard InChI is InChI=1S/C13H17NO3S/c1-18(16,17)12-8-6-10(7-9-12)13(15)14-11-4-2-3-5-11/h6-9,11H,2-5H2,1H3,(H,14,15). The van der Waals surface area contributed by atoms with E-state index in [1.165, 1.54) is 12.1 Å². The molecule has 4 nitrogen and oxygen atoms in total. The van der Waals surface area contributed by atoms with Crippen LogP contribution in [0.5, 0.6) is 0 Å². The molecule has 2 rings (SSSR count). The smallest absolute Gasteiger partial charge is 0.251 e. The second-order valence-electron chi connectivity index (χ2n) is 4.75. The topological polar surface area (TPSA) is 63.2 Å². The summed E-state index contributed by atoms with van der Waals surface area (Å²) in [5.41, 5.74) is 0.509. The van der Waals surface area contributed by atoms with Gasteiger partial charge in [-0.25, -0.2) is 8.42 Å². The molecule has 1 aromatic rings. The number of amides is 1. The van der Waals surface area contributed by atoms with Gasteiger partial charge in [0, 0.05) is 17.9 Å². The predicted octanol–water partition coefficient (Wildman–Crippen LogP) is 1.76. The average Bonchev–Trinajstić information content (AvgIpc) is 2.81. The molecule has 0 spiro atoms. The second kappa shape index (κ2) is 5.10. The van der Waals surface area contributed by atoms with Gasteiger partial charge in [0.25, 0.3) is 5.91 Å². The molecule has 0 bridgehead atoms. The van der Waals surface area contributed by atoms with Crippen LogP contribution in [-0.2, 0) is 9.84 Å². The zero-order valence-corrected chi connectivity index (χ0v) is 11.2. The Hall–Kier alpha value is -1.36. The van der Waals surface area contributed by atoms with Crippen molar-refractivity contribution < 1.29 is 13.2 Å². The van der Waals surface area contributed by atoms with Gasteiger partial charge in [0.15, 0.2) is 9.84 Å². The minimum Gasteiger partial charge on any atom is -0.349 e. The van der Waals surface area contributed by atoms with Gasteiger partial charge >= 0.3 is 0 Å². The van der Waals surface area contributed by atoms with Gasteiger partial charge in [-0.05, 0) is 37.1 Å². The molecule has 1 aliphatic carbocycles. The van der Waals surface area contributed by atoms with E-state index in [0.717, 1.165) is 31.9 Å². The summed E-state index contributed by atoms with van der Waals surface area (Å²) in [5.74, 6) is -0.123. The molecule has 5 heteroatoms. The van der Waals surface area contributed by atoms with Gasteiger partial charge in [0.1, 0.15) is 0 Å². The maximum Gasteiger partial charge on any atom is 0.251 e. The van der Waals surface area contributed by atoms with Crippen molar-refractivity contribution in [2.75, 3.05) is 6.26 Å². The first kappa shape index (κ1) is 13.1. The van der Waals surface area contributed by atoms with E-state index in [1.54, 1.807) is 12.1 Å². The monoisotopic (exact) mass is 267 g/mol. The lowest BCUT2D eigenvalue weighted by Gasteiger charge is -2.11. The van der Waals surface area contributed by atoms with Crippen LogP contribution < -0.4 is 5.32 Å². The molecule has 18 heavy (non-hydrogen) atoms. The van der Waals surface area contributed by atoms with Crippen LogP contribution in [0.15, 0.2) is 29.2 Å². The Morgan fingerprint density at radius 2 is 1.72 bits per heavy atom. The molecule has 0 radical (unpaired) electrons. The van der Waals surface area contributed by atoms with Gasteiger partial charge in [-0.2, -0.15) is 0 Å². The lowest BCUT2D eigenvalue weighted by Crippen LogP contribution is -2.32. The van der Waals surface area contributed by atoms with E-state index < -0.39 is 9.84 Å². The minimum absolute atomic E-state index is 0.123. The number of hydrogen-bond donors (Lipinski definition) is 1. The Morgan fingerprint density at radius 1 is 1.17 bits per heavy atom. The summed E-state index contributed by atoms with van der Waals surface area (Å²) in [6.07, 6.45) is 5.55. The quantitative estimate of drug-likeness (QED) is 0.907. The molecule has 1 N–H and O–H groups in total. The molecule has 98 valence electrons. The third-order valence-corrected chi connectivity index (χ3v) is 4.36. The fraction of sp³-hybridized carbons (Fsp3) is 0.462. The van der Waals surface area contributed by atoms with E-state index in [-0.39, 0.29) is 16.8 Å². The van der Waals surface area contributed by atoms with Gasteiger partial charge in [-0.1, -0.05) is 12.8 Å². The Bertz CT molecular complexity index is 528. The first-order valence-electron chi connectivity index (χ1n) is 6.08. The van der Waals surface area contributed by atoms with E-state index in [2.05, 4.69) is 5.32 Å². The Kier molecular flexibility index (Phi) is 3.71. The highest BCUT2D eigenvalue weighted by molar-refractivity contribution is 7.90. The summed E-state index contributed by atoms with van der Waals surface area (Å²) in [6.45, 7) is 0. The maximum atomic E-state index is 11.9. The van der Waals surface area contributed by atoms with Crippen LogP contribution in [0.25, 0.3) is 0 Å². The van der Waals surface area contributed by atoms with Crippen LogP contribution in [0.2, 0.25) is 0 Å². The normalized spacial score (nSPS) is 16.7. The molecular formula is C13H17NO3S. The third-order valence-electron chi connectivity index (χ3n) is 3.24. The summed E-state index contributed by atoms with van der Waals surface area (Å²) in [7, 11) is -3.20. The second-order valence-corrected chi connectivity index (χ2v) is 6.77. The van der Waals surface area contributed by atoms with Gasteiger partial charge in [0.05, 0.1) is 4.90 Å². The van der Waals surface area contributed by atoms with Gasteiger partial charge in [0.2, 0.25) is 0 Å². The first-order valence-corrected chi connectivity index (χ1v) is 7.97. The third kappa shape index (κ3) is 3.10. The highest BCUT2D eigenvalue weighted by Gasteiger charge is 2.18. The van der Waals surface area contributed by atoms with E-state index >= 15 is 0 Å². The van der Waals surface area contributed by atoms with Crippen LogP contribution >= 0.6 is 0 Å². The van der Waals surface area contributed by atoms with Crippen LogP contribution in [0.3, 0.4) is 0 Å². The van der Waals surface area contributed by atoms with Crippen LogP contribution in [-0.4, -0.2) is 26.6 Å². The fourth-order valence-corrected chi connectivity index (χ4v) is 2.82. The first-order chi connectivity index (χ1) is 8.47. The number of carbonyl (C=O) groups is 1. The number of carbonyl (C=O) groups excluding carboxylic acids is 1. The molecule has 0 atom stereocenters. The molecule has 1 fully saturated rings. The van der Waals surface area contributed by atoms with E-state index in [0.29, 0.717) is 5.56 Å². The molecule has 1 saturated carbocycles. The Labute approximate surface area is 107 Å². The van der Waals surface area contributed by atoms with E-state index in [9.17, 15) is 13.2 Å². The lowest BCUT2D eigenvalue weighted by atomic mass is 10.2. The summed E-state index contributed by atoms with van der Waals surface area (Å²) >= 11 is 0. The van der Waals surface area contributed by atoms with Crippen molar-refractivity contribution in [1.82, 2.24) is 5.32 Å². The van der Waals surface area contributed by atoms with Crippen molar-refractivity contribution in [2.24, 2.45) is 0 Å². The highest BCUT2D eigenvalue weighted by Crippen LogP contribution is 2.18. The zero-order chi connectivity index (χ0) is 13.2. The van der Waals surface area contributed by atoms with Crippen molar-refractivity contribution in [3.8, 4) is 0 Å². The molecule has 0 saturated heterocycles. The minimum atomic E-state index is -3.20. The molecule has 1 aliphatic rings. The SMILES string of the molecule is CS(=O)(=O)c1ccc(C(=O)NC2CCCC2)cc1. The summed E-state index contributed by atoms with van der Waals surface area (Å²) in [5, 5.41) is 2.96. The number of sulfone groups is 1. The molecule has 0 unspecified atom stereocenters. The fourth-order valence-electron chi connectivity index (χ4n) is 2.19. The Balaban J connectivity index is 2.07. The molecule has 0 heterocycles. The largest absolute Gasteiger partial charge is 0.349 e. The van der Waals surface area contributed by atoms with Crippen LogP contribution in [0, 0.1) is 0 Å². The Morgan fingerprint density at radius 3 is 2.22 bits per heavy atom. The van der Waals surface area contributed by atoms with E-state index in [1.807, 2.05) is 0 Å². The molecule has 1 amide bonds. The van der Waals surface area contributed by atoms with Crippen molar-refractivity contribution >= 4 is 15.7 Å². The zero-order valence-electron chi connectivity index (χ0n) is 10.3. The lowest BCUT2D eigenvalue weighted by molar-refractivity contribution is 0.0938. The van der Waals surface area contributed by atoms with Gasteiger partial charge in [-0.3, -0.25) is 4.79 Å². The summed E-state index contributed by atoms with van der Waals surface area (Å²) < 4.78 is 22.6. The number of benzene rings is 1. The maximum absolute atomic E-state index is 11.9. The summed E-state index contributed by atoms with van der Waals surface area (Å²) in [4.78, 5) is 12.1. The van der Waals surface area contributed by atoms with Crippen molar-refractivity contribution in [1.29, 1.82) is 0 Å². The average molecular weight is 267 g/mol. The molecule has 0 aliphatic heterocycles. The van der Waals surface area contributed by atoms with Crippen molar-refractivity contribution in [2.45, 2.75) is 36.6 Å². The van der Waals surface area contributed by atoms with Gasteiger partial charge < -0.3 is 5.32 Å². The van der Waals surface area contributed by atoms with Crippen molar-refractivity contribution in [3.63, 3.8) is 0 Å². The van der Waals surface area contributed by atoms with Gasteiger partial charge in [-0.15, -0.1) is 0 Å². The van der Waals surface area contributed by atoms with E-state index in [4.69, 9.17) is 0 Å². The number of nitrogens with one attached hydrogen (secondary N) is 1. The number of hydrogen-bond acceptors (Lipinski definition) is 3. The van der Waals surface area contributed by atoms with Crippen LogP contribution in [0.4, 0.5) is 0 Å². The molecule has 0 aromatic heterocycles. The molecule has 1 aromatic carbocycles. The highest BCUT2D eigenvalue weighted by atomic mass is 32.2. The predicted molar refractivity (Wildman–Crippen MR) is 69.3 cm³/mol.